The molecule has 0 amide bonds. The lowest BCUT2D eigenvalue weighted by Crippen LogP contribution is -2.37. The van der Waals surface area contributed by atoms with Crippen LogP contribution in [0.1, 0.15) is 75.0 Å². The molecule has 1 aliphatic heterocycles. The van der Waals surface area contributed by atoms with Gasteiger partial charge in [-0.2, -0.15) is 0 Å². The minimum absolute atomic E-state index is 0.121. The lowest BCUT2D eigenvalue weighted by molar-refractivity contribution is 0.206. The van der Waals surface area contributed by atoms with Gasteiger partial charge in [0.2, 0.25) is 0 Å². The molecule has 1 N–H and O–H groups in total. The highest BCUT2D eigenvalue weighted by molar-refractivity contribution is 5.48. The Labute approximate surface area is 171 Å². The van der Waals surface area contributed by atoms with Crippen molar-refractivity contribution in [1.82, 2.24) is 4.90 Å². The maximum absolute atomic E-state index is 10.9. The number of rotatable bonds is 9. The van der Waals surface area contributed by atoms with Gasteiger partial charge in [-0.1, -0.05) is 80.6 Å². The molecule has 3 rings (SSSR count). The van der Waals surface area contributed by atoms with E-state index in [-0.39, 0.29) is 5.41 Å². The Morgan fingerprint density at radius 3 is 2.39 bits per heavy atom. The van der Waals surface area contributed by atoms with Crippen LogP contribution in [0.25, 0.3) is 0 Å². The molecule has 1 unspecified atom stereocenters. The van der Waals surface area contributed by atoms with Gasteiger partial charge in [-0.25, -0.2) is 0 Å². The van der Waals surface area contributed by atoms with Crippen LogP contribution in [0.4, 0.5) is 0 Å². The summed E-state index contributed by atoms with van der Waals surface area (Å²) in [5, 5.41) is 10.9. The number of phenols is 1. The van der Waals surface area contributed by atoms with E-state index >= 15 is 0 Å². The van der Waals surface area contributed by atoms with Gasteiger partial charge in [0, 0.05) is 11.0 Å². The van der Waals surface area contributed by atoms with Crippen molar-refractivity contribution in [2.75, 3.05) is 19.6 Å². The van der Waals surface area contributed by atoms with Crippen LogP contribution in [0.5, 0.6) is 5.75 Å². The van der Waals surface area contributed by atoms with E-state index in [1.54, 1.807) is 0 Å². The number of likely N-dealkylation sites (tertiary alicyclic amines) is 1. The summed E-state index contributed by atoms with van der Waals surface area (Å²) in [6, 6.07) is 17.1. The van der Waals surface area contributed by atoms with Crippen molar-refractivity contribution in [2.45, 2.75) is 70.6 Å². The van der Waals surface area contributed by atoms with Gasteiger partial charge in [0.05, 0.1) is 0 Å². The summed E-state index contributed by atoms with van der Waals surface area (Å²) in [7, 11) is 0. The molecule has 0 radical (unpaired) electrons. The molecule has 1 saturated heterocycles. The van der Waals surface area contributed by atoms with E-state index in [9.17, 15) is 5.11 Å². The lowest BCUT2D eigenvalue weighted by atomic mass is 9.68. The molecule has 2 nitrogen and oxygen atoms in total. The van der Waals surface area contributed by atoms with Crippen molar-refractivity contribution in [2.24, 2.45) is 0 Å². The fourth-order valence-corrected chi connectivity index (χ4v) is 4.84. The van der Waals surface area contributed by atoms with E-state index in [0.29, 0.717) is 5.75 Å². The average Bonchev–Trinajstić information content (AvgIpc) is 2.74. The summed E-state index contributed by atoms with van der Waals surface area (Å²) >= 11 is 0. The van der Waals surface area contributed by atoms with Crippen molar-refractivity contribution < 1.29 is 5.11 Å². The van der Waals surface area contributed by atoms with Crippen LogP contribution in [0.3, 0.4) is 0 Å². The van der Waals surface area contributed by atoms with Crippen LogP contribution in [0, 0.1) is 6.92 Å². The van der Waals surface area contributed by atoms with Gasteiger partial charge >= 0.3 is 0 Å². The number of nitrogens with zero attached hydrogens (tertiary/aromatic N) is 1. The molecule has 0 bridgehead atoms. The molecule has 0 saturated carbocycles. The average molecular weight is 380 g/mol. The molecule has 152 valence electrons. The summed E-state index contributed by atoms with van der Waals surface area (Å²) in [6.45, 7) is 7.95. The first-order valence-electron chi connectivity index (χ1n) is 11.2. The van der Waals surface area contributed by atoms with Crippen LogP contribution in [-0.2, 0) is 5.41 Å². The maximum Gasteiger partial charge on any atom is 0.119 e. The van der Waals surface area contributed by atoms with Crippen molar-refractivity contribution in [3.63, 3.8) is 0 Å². The highest BCUT2D eigenvalue weighted by Crippen LogP contribution is 2.44. The first kappa shape index (κ1) is 20.9. The molecule has 2 aromatic carbocycles. The fraction of sp³-hybridized carbons (Fsp3) is 0.538. The van der Waals surface area contributed by atoms with Crippen molar-refractivity contribution in [1.29, 1.82) is 0 Å². The number of hydrogen-bond donors (Lipinski definition) is 1. The predicted molar refractivity (Wildman–Crippen MR) is 119 cm³/mol. The van der Waals surface area contributed by atoms with Crippen LogP contribution < -0.4 is 0 Å². The van der Waals surface area contributed by atoms with Gasteiger partial charge in [-0.15, -0.1) is 0 Å². The minimum Gasteiger partial charge on any atom is -0.508 e. The SMILES string of the molecule is CCCCCC(CCN1CCCCC1)(c1ccccc1)c1cc(C)ccc1O. The summed E-state index contributed by atoms with van der Waals surface area (Å²) in [4.78, 5) is 2.63. The number of piperidine rings is 1. The standard InChI is InChI=1S/C26H37NO/c1-3-4-9-16-26(23-12-7-5-8-13-23,17-20-27-18-10-6-11-19-27)24-21-22(2)14-15-25(24)28/h5,7-8,12-15,21,28H,3-4,6,9-11,16-20H2,1-2H3. The number of unbranched alkanes of at least 4 members (excludes halogenated alkanes) is 2. The highest BCUT2D eigenvalue weighted by Gasteiger charge is 2.36. The largest absolute Gasteiger partial charge is 0.508 e. The zero-order chi connectivity index (χ0) is 19.8. The topological polar surface area (TPSA) is 23.5 Å². The van der Waals surface area contributed by atoms with Crippen LogP contribution in [0.15, 0.2) is 48.5 Å². The Bertz CT molecular complexity index is 720. The Morgan fingerprint density at radius 1 is 0.929 bits per heavy atom. The van der Waals surface area contributed by atoms with Gasteiger partial charge in [0.25, 0.3) is 0 Å². The van der Waals surface area contributed by atoms with Gasteiger partial charge in [0.1, 0.15) is 5.75 Å². The molecule has 1 aliphatic rings. The molecule has 0 aromatic heterocycles. The zero-order valence-corrected chi connectivity index (χ0v) is 17.8. The van der Waals surface area contributed by atoms with E-state index in [1.807, 2.05) is 12.1 Å². The van der Waals surface area contributed by atoms with Gasteiger partial charge in [0.15, 0.2) is 0 Å². The molecule has 0 aliphatic carbocycles. The Kier molecular flexibility index (Phi) is 7.56. The summed E-state index contributed by atoms with van der Waals surface area (Å²) in [5.41, 5.74) is 3.57. The Balaban J connectivity index is 2.01. The van der Waals surface area contributed by atoms with Crippen LogP contribution >= 0.6 is 0 Å². The Morgan fingerprint density at radius 2 is 1.68 bits per heavy atom. The van der Waals surface area contributed by atoms with Crippen molar-refractivity contribution in [3.8, 4) is 5.75 Å². The second-order valence-electron chi connectivity index (χ2n) is 8.58. The molecular weight excluding hydrogens is 342 g/mol. The van der Waals surface area contributed by atoms with E-state index in [4.69, 9.17) is 0 Å². The highest BCUT2D eigenvalue weighted by atomic mass is 16.3. The first-order valence-corrected chi connectivity index (χ1v) is 11.2. The van der Waals surface area contributed by atoms with Gasteiger partial charge in [-0.05, 0) is 63.9 Å². The lowest BCUT2D eigenvalue weighted by Gasteiger charge is -2.38. The predicted octanol–water partition coefficient (Wildman–Crippen LogP) is 6.44. The zero-order valence-electron chi connectivity index (χ0n) is 17.8. The quantitative estimate of drug-likeness (QED) is 0.507. The number of aryl methyl sites for hydroxylation is 1. The molecule has 1 fully saturated rings. The molecular formula is C26H37NO. The summed E-state index contributed by atoms with van der Waals surface area (Å²) in [5.74, 6) is 0.449. The van der Waals surface area contributed by atoms with E-state index in [2.05, 4.69) is 55.1 Å². The third kappa shape index (κ3) is 4.97. The fourth-order valence-electron chi connectivity index (χ4n) is 4.84. The van der Waals surface area contributed by atoms with E-state index < -0.39 is 0 Å². The van der Waals surface area contributed by atoms with Crippen molar-refractivity contribution >= 4 is 0 Å². The molecule has 0 spiro atoms. The van der Waals surface area contributed by atoms with Gasteiger partial charge in [-0.3, -0.25) is 0 Å². The van der Waals surface area contributed by atoms with Crippen molar-refractivity contribution in [3.05, 3.63) is 65.2 Å². The van der Waals surface area contributed by atoms with E-state index in [1.165, 1.54) is 62.7 Å². The van der Waals surface area contributed by atoms with E-state index in [0.717, 1.165) is 24.9 Å². The number of aromatic hydroxyl groups is 1. The minimum atomic E-state index is -0.121. The second-order valence-corrected chi connectivity index (χ2v) is 8.58. The van der Waals surface area contributed by atoms with Gasteiger partial charge < -0.3 is 10.0 Å². The monoisotopic (exact) mass is 379 g/mol. The molecule has 1 heterocycles. The molecule has 2 aromatic rings. The van der Waals surface area contributed by atoms with Crippen LogP contribution in [-0.4, -0.2) is 29.6 Å². The normalized spacial score (nSPS) is 17.4. The Hall–Kier alpha value is -1.80. The molecule has 2 heteroatoms. The summed E-state index contributed by atoms with van der Waals surface area (Å²) < 4.78 is 0. The third-order valence-electron chi connectivity index (χ3n) is 6.50. The third-order valence-corrected chi connectivity index (χ3v) is 6.50. The maximum atomic E-state index is 10.9. The number of hydrogen-bond acceptors (Lipinski definition) is 2. The second kappa shape index (κ2) is 10.1. The van der Waals surface area contributed by atoms with Crippen LogP contribution in [0.2, 0.25) is 0 Å². The number of phenolic OH excluding ortho intramolecular Hbond substituents is 1. The first-order chi connectivity index (χ1) is 13.7. The molecule has 28 heavy (non-hydrogen) atoms. The smallest absolute Gasteiger partial charge is 0.119 e. The number of benzene rings is 2. The molecule has 1 atom stereocenters. The summed E-state index contributed by atoms with van der Waals surface area (Å²) in [6.07, 6.45) is 9.83.